The topological polar surface area (TPSA) is 23.5 Å². The van der Waals surface area contributed by atoms with Gasteiger partial charge in [-0.1, -0.05) is 70.8 Å². The lowest BCUT2D eigenvalue weighted by Crippen LogP contribution is -2.37. The van der Waals surface area contributed by atoms with Crippen LogP contribution >= 0.6 is 0 Å². The molecule has 2 heteroatoms. The Morgan fingerprint density at radius 1 is 0.957 bits per heavy atom. The van der Waals surface area contributed by atoms with E-state index in [1.807, 2.05) is 12.1 Å². The number of benzene rings is 1. The molecule has 0 saturated heterocycles. The van der Waals surface area contributed by atoms with Gasteiger partial charge in [-0.3, -0.25) is 0 Å². The Bertz CT molecular complexity index is 426. The number of aromatic hydroxyl groups is 1. The second-order valence-electron chi connectivity index (χ2n) is 7.13. The van der Waals surface area contributed by atoms with Crippen molar-refractivity contribution in [3.63, 3.8) is 0 Å². The van der Waals surface area contributed by atoms with Crippen molar-refractivity contribution in [2.45, 2.75) is 90.0 Å². The molecule has 0 heterocycles. The van der Waals surface area contributed by atoms with Gasteiger partial charge in [0.05, 0.1) is 0 Å². The molecule has 0 amide bonds. The highest BCUT2D eigenvalue weighted by molar-refractivity contribution is 5.51. The fraction of sp³-hybridized carbons (Fsp3) is 0.714. The number of phenols is 1. The summed E-state index contributed by atoms with van der Waals surface area (Å²) in [7, 11) is 0. The first-order chi connectivity index (χ1) is 11.3. The molecule has 0 radical (unpaired) electrons. The standard InChI is InChI=1S/C21H35NO/c1-2-3-4-5-6-7-11-17-22(19-13-9-8-10-14-19)20-15-12-16-21(23)18-20/h12,15-16,18-19,23H,2-11,13-14,17H2,1H3. The van der Waals surface area contributed by atoms with Crippen molar-refractivity contribution >= 4 is 5.69 Å². The Hall–Kier alpha value is -1.18. The average molecular weight is 318 g/mol. The first-order valence-corrected chi connectivity index (χ1v) is 9.87. The van der Waals surface area contributed by atoms with Crippen molar-refractivity contribution < 1.29 is 5.11 Å². The maximum Gasteiger partial charge on any atom is 0.117 e. The molecule has 1 saturated carbocycles. The minimum absolute atomic E-state index is 0.392. The number of hydrogen-bond donors (Lipinski definition) is 1. The molecule has 2 nitrogen and oxygen atoms in total. The van der Waals surface area contributed by atoms with E-state index < -0.39 is 0 Å². The van der Waals surface area contributed by atoms with Crippen molar-refractivity contribution in [1.29, 1.82) is 0 Å². The Labute approximate surface area is 142 Å². The Balaban J connectivity index is 1.84. The van der Waals surface area contributed by atoms with Crippen LogP contribution < -0.4 is 4.90 Å². The lowest BCUT2D eigenvalue weighted by atomic mass is 9.93. The zero-order chi connectivity index (χ0) is 16.3. The molecule has 2 rings (SSSR count). The third-order valence-corrected chi connectivity index (χ3v) is 5.18. The van der Waals surface area contributed by atoms with Crippen molar-refractivity contribution in [2.24, 2.45) is 0 Å². The van der Waals surface area contributed by atoms with E-state index in [2.05, 4.69) is 17.9 Å². The first kappa shape index (κ1) is 18.2. The molecule has 0 aliphatic heterocycles. The van der Waals surface area contributed by atoms with Gasteiger partial charge in [0.2, 0.25) is 0 Å². The van der Waals surface area contributed by atoms with Gasteiger partial charge < -0.3 is 10.0 Å². The van der Waals surface area contributed by atoms with E-state index in [1.54, 1.807) is 6.07 Å². The van der Waals surface area contributed by atoms with Crippen LogP contribution in [0.1, 0.15) is 84.0 Å². The lowest BCUT2D eigenvalue weighted by Gasteiger charge is -2.36. The third-order valence-electron chi connectivity index (χ3n) is 5.18. The van der Waals surface area contributed by atoms with Crippen LogP contribution in [0, 0.1) is 0 Å². The molecule has 0 bridgehead atoms. The predicted octanol–water partition coefficient (Wildman–Crippen LogP) is 6.28. The number of anilines is 1. The molecule has 130 valence electrons. The SMILES string of the molecule is CCCCCCCCCN(c1cccc(O)c1)C1CCCCC1. The molecular formula is C21H35NO. The van der Waals surface area contributed by atoms with E-state index in [1.165, 1.54) is 82.7 Å². The van der Waals surface area contributed by atoms with E-state index in [4.69, 9.17) is 0 Å². The van der Waals surface area contributed by atoms with E-state index in [-0.39, 0.29) is 0 Å². The molecule has 1 N–H and O–H groups in total. The van der Waals surface area contributed by atoms with Crippen LogP contribution in [0.5, 0.6) is 5.75 Å². The predicted molar refractivity (Wildman–Crippen MR) is 100 cm³/mol. The molecule has 0 spiro atoms. The second kappa shape index (κ2) is 10.6. The fourth-order valence-corrected chi connectivity index (χ4v) is 3.83. The fourth-order valence-electron chi connectivity index (χ4n) is 3.83. The number of hydrogen-bond acceptors (Lipinski definition) is 2. The van der Waals surface area contributed by atoms with Crippen LogP contribution in [-0.2, 0) is 0 Å². The van der Waals surface area contributed by atoms with Crippen LogP contribution in [0.15, 0.2) is 24.3 Å². The van der Waals surface area contributed by atoms with Crippen LogP contribution in [-0.4, -0.2) is 17.7 Å². The van der Waals surface area contributed by atoms with Crippen molar-refractivity contribution in [3.8, 4) is 5.75 Å². The van der Waals surface area contributed by atoms with E-state index in [9.17, 15) is 5.11 Å². The summed E-state index contributed by atoms with van der Waals surface area (Å²) in [5, 5.41) is 9.83. The van der Waals surface area contributed by atoms with Crippen molar-refractivity contribution in [1.82, 2.24) is 0 Å². The Morgan fingerprint density at radius 2 is 1.65 bits per heavy atom. The smallest absolute Gasteiger partial charge is 0.117 e. The van der Waals surface area contributed by atoms with Crippen molar-refractivity contribution in [3.05, 3.63) is 24.3 Å². The highest BCUT2D eigenvalue weighted by atomic mass is 16.3. The van der Waals surface area contributed by atoms with Gasteiger partial charge in [-0.05, 0) is 31.4 Å². The molecule has 1 fully saturated rings. The van der Waals surface area contributed by atoms with Gasteiger partial charge in [-0.25, -0.2) is 0 Å². The summed E-state index contributed by atoms with van der Waals surface area (Å²) >= 11 is 0. The maximum absolute atomic E-state index is 9.83. The molecular weight excluding hydrogens is 282 g/mol. The number of rotatable bonds is 10. The molecule has 0 aromatic heterocycles. The van der Waals surface area contributed by atoms with Gasteiger partial charge in [0.15, 0.2) is 0 Å². The summed E-state index contributed by atoms with van der Waals surface area (Å²) in [6.07, 6.45) is 16.2. The van der Waals surface area contributed by atoms with E-state index in [0.29, 0.717) is 11.8 Å². The molecule has 23 heavy (non-hydrogen) atoms. The number of unbranched alkanes of at least 4 members (excludes halogenated alkanes) is 6. The summed E-state index contributed by atoms with van der Waals surface area (Å²) in [6.45, 7) is 3.42. The summed E-state index contributed by atoms with van der Waals surface area (Å²) in [6, 6.07) is 8.53. The Morgan fingerprint density at radius 3 is 2.35 bits per heavy atom. The van der Waals surface area contributed by atoms with Gasteiger partial charge in [-0.15, -0.1) is 0 Å². The second-order valence-corrected chi connectivity index (χ2v) is 7.13. The first-order valence-electron chi connectivity index (χ1n) is 9.87. The van der Waals surface area contributed by atoms with E-state index in [0.717, 1.165) is 6.54 Å². The average Bonchev–Trinajstić information content (AvgIpc) is 2.58. The third kappa shape index (κ3) is 6.45. The minimum atomic E-state index is 0.392. The molecule has 1 aromatic rings. The molecule has 0 unspecified atom stereocenters. The van der Waals surface area contributed by atoms with Gasteiger partial charge in [0.25, 0.3) is 0 Å². The highest BCUT2D eigenvalue weighted by Crippen LogP contribution is 2.29. The summed E-state index contributed by atoms with van der Waals surface area (Å²) in [5.74, 6) is 0.392. The quantitative estimate of drug-likeness (QED) is 0.513. The number of nitrogens with zero attached hydrogens (tertiary/aromatic N) is 1. The van der Waals surface area contributed by atoms with Gasteiger partial charge >= 0.3 is 0 Å². The molecule has 1 aliphatic carbocycles. The van der Waals surface area contributed by atoms with Crippen LogP contribution in [0.2, 0.25) is 0 Å². The lowest BCUT2D eigenvalue weighted by molar-refractivity contribution is 0.409. The zero-order valence-corrected chi connectivity index (χ0v) is 15.0. The normalized spacial score (nSPS) is 15.7. The van der Waals surface area contributed by atoms with Gasteiger partial charge in [0, 0.05) is 24.3 Å². The number of phenolic OH excluding ortho intramolecular Hbond substituents is 1. The highest BCUT2D eigenvalue weighted by Gasteiger charge is 2.21. The van der Waals surface area contributed by atoms with Crippen LogP contribution in [0.25, 0.3) is 0 Å². The molecule has 1 aromatic carbocycles. The minimum Gasteiger partial charge on any atom is -0.508 e. The van der Waals surface area contributed by atoms with Crippen LogP contribution in [0.4, 0.5) is 5.69 Å². The summed E-state index contributed by atoms with van der Waals surface area (Å²) in [4.78, 5) is 2.57. The monoisotopic (exact) mass is 317 g/mol. The summed E-state index contributed by atoms with van der Waals surface area (Å²) in [5.41, 5.74) is 1.21. The van der Waals surface area contributed by atoms with E-state index >= 15 is 0 Å². The molecule has 1 aliphatic rings. The maximum atomic E-state index is 9.83. The van der Waals surface area contributed by atoms with Gasteiger partial charge in [-0.2, -0.15) is 0 Å². The zero-order valence-electron chi connectivity index (χ0n) is 15.0. The van der Waals surface area contributed by atoms with Crippen LogP contribution in [0.3, 0.4) is 0 Å². The largest absolute Gasteiger partial charge is 0.508 e. The van der Waals surface area contributed by atoms with Gasteiger partial charge in [0.1, 0.15) is 5.75 Å². The van der Waals surface area contributed by atoms with Crippen molar-refractivity contribution in [2.75, 3.05) is 11.4 Å². The molecule has 0 atom stereocenters. The Kier molecular flexibility index (Phi) is 8.35. The summed E-state index contributed by atoms with van der Waals surface area (Å²) < 4.78 is 0.